The minimum Gasteiger partial charge on any atom is -0.377 e. The van der Waals surface area contributed by atoms with Crippen molar-refractivity contribution in [1.29, 1.82) is 0 Å². The molecule has 0 aromatic heterocycles. The van der Waals surface area contributed by atoms with E-state index in [0.29, 0.717) is 13.2 Å². The average molecular weight is 284 g/mol. The van der Waals surface area contributed by atoms with Crippen LogP contribution in [0.2, 0.25) is 0 Å². The highest BCUT2D eigenvalue weighted by Gasteiger charge is 2.24. The second-order valence-corrected chi connectivity index (χ2v) is 5.85. The summed E-state index contributed by atoms with van der Waals surface area (Å²) in [7, 11) is 0. The van der Waals surface area contributed by atoms with Crippen LogP contribution in [0.4, 0.5) is 0 Å². The molecule has 1 rings (SSSR count). The molecular formula is C15H28N2O3. The lowest BCUT2D eigenvalue weighted by Crippen LogP contribution is -2.49. The highest BCUT2D eigenvalue weighted by atomic mass is 16.5. The number of likely N-dealkylation sites (tertiary alicyclic amines) is 1. The van der Waals surface area contributed by atoms with Crippen LogP contribution in [0.3, 0.4) is 0 Å². The first kappa shape index (κ1) is 17.1. The molecule has 1 fully saturated rings. The van der Waals surface area contributed by atoms with E-state index in [0.717, 1.165) is 25.9 Å². The molecule has 1 aliphatic heterocycles. The SMILES string of the molecule is CCOC1CCCN(CC(=O)NC(C(C)=O)C(C)C)C1. The molecule has 1 heterocycles. The summed E-state index contributed by atoms with van der Waals surface area (Å²) in [5, 5.41) is 2.84. The number of carbonyl (C=O) groups excluding carboxylic acids is 2. The van der Waals surface area contributed by atoms with Crippen LogP contribution in [-0.4, -0.2) is 55.0 Å². The number of Topliss-reactive ketones (excluding diaryl/α,β-unsaturated/α-hetero) is 1. The average Bonchev–Trinajstić information content (AvgIpc) is 2.36. The molecule has 1 amide bonds. The standard InChI is InChI=1S/C15H28N2O3/c1-5-20-13-7-6-8-17(9-13)10-14(19)16-15(11(2)3)12(4)18/h11,13,15H,5-10H2,1-4H3,(H,16,19). The summed E-state index contributed by atoms with van der Waals surface area (Å²) in [4.78, 5) is 25.7. The van der Waals surface area contributed by atoms with Crippen molar-refractivity contribution in [2.45, 2.75) is 52.7 Å². The molecule has 1 saturated heterocycles. The van der Waals surface area contributed by atoms with E-state index in [9.17, 15) is 9.59 Å². The van der Waals surface area contributed by atoms with E-state index < -0.39 is 0 Å². The molecule has 0 aromatic rings. The zero-order chi connectivity index (χ0) is 15.1. The lowest BCUT2D eigenvalue weighted by Gasteiger charge is -2.32. The number of piperidine rings is 1. The van der Waals surface area contributed by atoms with Gasteiger partial charge in [0.15, 0.2) is 5.78 Å². The quantitative estimate of drug-likeness (QED) is 0.763. The molecule has 2 unspecified atom stereocenters. The summed E-state index contributed by atoms with van der Waals surface area (Å²) in [5.41, 5.74) is 0. The highest BCUT2D eigenvalue weighted by Crippen LogP contribution is 2.13. The number of carbonyl (C=O) groups is 2. The van der Waals surface area contributed by atoms with Crippen LogP contribution in [0, 0.1) is 5.92 Å². The third kappa shape index (κ3) is 5.59. The Labute approximate surface area is 122 Å². The fourth-order valence-corrected chi connectivity index (χ4v) is 2.69. The maximum atomic E-state index is 12.0. The third-order valence-electron chi connectivity index (χ3n) is 3.65. The van der Waals surface area contributed by atoms with Gasteiger partial charge in [-0.3, -0.25) is 14.5 Å². The Bertz CT molecular complexity index is 329. The summed E-state index contributed by atoms with van der Waals surface area (Å²) in [5.74, 6) is 0.0595. The first-order valence-corrected chi connectivity index (χ1v) is 7.57. The molecule has 0 aromatic carbocycles. The predicted octanol–water partition coefficient (Wildman–Crippen LogP) is 1.22. The molecule has 0 radical (unpaired) electrons. The molecule has 116 valence electrons. The van der Waals surface area contributed by atoms with Crippen molar-refractivity contribution in [1.82, 2.24) is 10.2 Å². The smallest absolute Gasteiger partial charge is 0.234 e. The zero-order valence-electron chi connectivity index (χ0n) is 13.1. The number of amides is 1. The van der Waals surface area contributed by atoms with Gasteiger partial charge >= 0.3 is 0 Å². The van der Waals surface area contributed by atoms with Gasteiger partial charge in [0.05, 0.1) is 18.7 Å². The van der Waals surface area contributed by atoms with E-state index in [2.05, 4.69) is 10.2 Å². The van der Waals surface area contributed by atoms with Gasteiger partial charge in [0.2, 0.25) is 5.91 Å². The molecule has 5 nitrogen and oxygen atoms in total. The number of hydrogen-bond acceptors (Lipinski definition) is 4. The normalized spacial score (nSPS) is 21.8. The Kier molecular flexibility index (Phi) is 7.16. The number of ether oxygens (including phenoxy) is 1. The lowest BCUT2D eigenvalue weighted by molar-refractivity contribution is -0.129. The van der Waals surface area contributed by atoms with Gasteiger partial charge in [0.1, 0.15) is 0 Å². The molecule has 20 heavy (non-hydrogen) atoms. The van der Waals surface area contributed by atoms with Gasteiger partial charge in [-0.15, -0.1) is 0 Å². The maximum Gasteiger partial charge on any atom is 0.234 e. The van der Waals surface area contributed by atoms with Gasteiger partial charge in [0.25, 0.3) is 0 Å². The van der Waals surface area contributed by atoms with E-state index >= 15 is 0 Å². The van der Waals surface area contributed by atoms with Crippen molar-refractivity contribution in [2.75, 3.05) is 26.2 Å². The number of nitrogens with one attached hydrogen (secondary N) is 1. The minimum atomic E-state index is -0.380. The van der Waals surface area contributed by atoms with E-state index in [-0.39, 0.29) is 29.8 Å². The van der Waals surface area contributed by atoms with Gasteiger partial charge < -0.3 is 10.1 Å². The molecule has 2 atom stereocenters. The fraction of sp³-hybridized carbons (Fsp3) is 0.867. The Balaban J connectivity index is 2.43. The molecular weight excluding hydrogens is 256 g/mol. The monoisotopic (exact) mass is 284 g/mol. The van der Waals surface area contributed by atoms with Crippen molar-refractivity contribution in [3.8, 4) is 0 Å². The number of hydrogen-bond donors (Lipinski definition) is 1. The van der Waals surface area contributed by atoms with Gasteiger partial charge in [-0.2, -0.15) is 0 Å². The fourth-order valence-electron chi connectivity index (χ4n) is 2.69. The maximum absolute atomic E-state index is 12.0. The molecule has 0 saturated carbocycles. The van der Waals surface area contributed by atoms with E-state index in [1.165, 1.54) is 6.92 Å². The molecule has 0 bridgehead atoms. The Morgan fingerprint density at radius 1 is 1.40 bits per heavy atom. The predicted molar refractivity (Wildman–Crippen MR) is 78.5 cm³/mol. The molecule has 1 aliphatic rings. The molecule has 1 N–H and O–H groups in total. The summed E-state index contributed by atoms with van der Waals surface area (Å²) < 4.78 is 5.62. The third-order valence-corrected chi connectivity index (χ3v) is 3.65. The number of nitrogens with zero attached hydrogens (tertiary/aromatic N) is 1. The molecule has 5 heteroatoms. The second-order valence-electron chi connectivity index (χ2n) is 5.85. The van der Waals surface area contributed by atoms with Crippen LogP contribution in [0.5, 0.6) is 0 Å². The van der Waals surface area contributed by atoms with E-state index in [1.54, 1.807) is 0 Å². The van der Waals surface area contributed by atoms with Crippen molar-refractivity contribution in [3.63, 3.8) is 0 Å². The van der Waals surface area contributed by atoms with E-state index in [1.807, 2.05) is 20.8 Å². The van der Waals surface area contributed by atoms with Crippen LogP contribution in [0.25, 0.3) is 0 Å². The Hall–Kier alpha value is -0.940. The minimum absolute atomic E-state index is 0.0131. The Morgan fingerprint density at radius 3 is 2.65 bits per heavy atom. The summed E-state index contributed by atoms with van der Waals surface area (Å²) in [6.07, 6.45) is 2.35. The summed E-state index contributed by atoms with van der Waals surface area (Å²) in [6.45, 7) is 10.2. The van der Waals surface area contributed by atoms with Crippen LogP contribution >= 0.6 is 0 Å². The van der Waals surface area contributed by atoms with Crippen molar-refractivity contribution in [3.05, 3.63) is 0 Å². The van der Waals surface area contributed by atoms with Crippen molar-refractivity contribution >= 4 is 11.7 Å². The van der Waals surface area contributed by atoms with Crippen molar-refractivity contribution < 1.29 is 14.3 Å². The topological polar surface area (TPSA) is 58.6 Å². The van der Waals surface area contributed by atoms with Gasteiger partial charge in [0, 0.05) is 13.2 Å². The Morgan fingerprint density at radius 2 is 2.10 bits per heavy atom. The van der Waals surface area contributed by atoms with Crippen LogP contribution in [-0.2, 0) is 14.3 Å². The molecule has 0 aliphatic carbocycles. The lowest BCUT2D eigenvalue weighted by atomic mass is 10.0. The van der Waals surface area contributed by atoms with Crippen LogP contribution in [0.1, 0.15) is 40.5 Å². The van der Waals surface area contributed by atoms with Crippen LogP contribution < -0.4 is 5.32 Å². The van der Waals surface area contributed by atoms with Gasteiger partial charge in [-0.25, -0.2) is 0 Å². The first-order valence-electron chi connectivity index (χ1n) is 7.57. The summed E-state index contributed by atoms with van der Waals surface area (Å²) in [6, 6.07) is -0.380. The van der Waals surface area contributed by atoms with Gasteiger partial charge in [-0.05, 0) is 39.2 Å². The largest absolute Gasteiger partial charge is 0.377 e. The van der Waals surface area contributed by atoms with Crippen molar-refractivity contribution in [2.24, 2.45) is 5.92 Å². The number of ketones is 1. The summed E-state index contributed by atoms with van der Waals surface area (Å²) >= 11 is 0. The highest BCUT2D eigenvalue weighted by molar-refractivity contribution is 5.88. The second kappa shape index (κ2) is 8.37. The first-order chi connectivity index (χ1) is 9.43. The van der Waals surface area contributed by atoms with Crippen LogP contribution in [0.15, 0.2) is 0 Å². The van der Waals surface area contributed by atoms with E-state index in [4.69, 9.17) is 4.74 Å². The van der Waals surface area contributed by atoms with Gasteiger partial charge in [-0.1, -0.05) is 13.8 Å². The zero-order valence-corrected chi connectivity index (χ0v) is 13.1. The molecule has 0 spiro atoms. The number of rotatable bonds is 7.